The van der Waals surface area contributed by atoms with Gasteiger partial charge >= 0.3 is 5.97 Å². The first kappa shape index (κ1) is 13.7. The highest BCUT2D eigenvalue weighted by molar-refractivity contribution is 9.10. The number of nitrogens with zero attached hydrogens (tertiary/aromatic N) is 4. The van der Waals surface area contributed by atoms with E-state index in [1.165, 1.54) is 10.7 Å². The molecule has 2 rings (SSSR count). The van der Waals surface area contributed by atoms with E-state index in [1.54, 1.807) is 12.1 Å². The summed E-state index contributed by atoms with van der Waals surface area (Å²) in [6, 6.07) is 4.95. The predicted molar refractivity (Wildman–Crippen MR) is 72.5 cm³/mol. The summed E-state index contributed by atoms with van der Waals surface area (Å²) in [7, 11) is 0. The highest BCUT2D eigenvalue weighted by Crippen LogP contribution is 2.28. The molecule has 0 saturated carbocycles. The molecule has 0 aliphatic heterocycles. The average molecular weight is 325 g/mol. The number of rotatable bonds is 2. The molecule has 6 nitrogen and oxygen atoms in total. The second-order valence-corrected chi connectivity index (χ2v) is 5.96. The number of aromatic carboxylic acids is 1. The van der Waals surface area contributed by atoms with Gasteiger partial charge in [-0.3, -0.25) is 0 Å². The Kier molecular flexibility index (Phi) is 3.40. The molecule has 19 heavy (non-hydrogen) atoms. The van der Waals surface area contributed by atoms with Crippen molar-refractivity contribution in [2.45, 2.75) is 26.2 Å². The second kappa shape index (κ2) is 4.73. The van der Waals surface area contributed by atoms with Crippen LogP contribution >= 0.6 is 15.9 Å². The third kappa shape index (κ3) is 2.51. The van der Waals surface area contributed by atoms with Gasteiger partial charge in [0, 0.05) is 9.89 Å². The first-order chi connectivity index (χ1) is 8.82. The van der Waals surface area contributed by atoms with E-state index in [1.807, 2.05) is 20.8 Å². The second-order valence-electron chi connectivity index (χ2n) is 5.11. The standard InChI is InChI=1S/C12H13BrN4O2/c1-12(2,3)11-14-15-16-17(11)9-7(10(18)19)5-4-6-8(9)13/h4-6H,1-3H3,(H,18,19). The lowest BCUT2D eigenvalue weighted by Crippen LogP contribution is -2.20. The van der Waals surface area contributed by atoms with E-state index in [9.17, 15) is 9.90 Å². The fraction of sp³-hybridized carbons (Fsp3) is 0.333. The molecule has 0 saturated heterocycles. The smallest absolute Gasteiger partial charge is 0.337 e. The average Bonchev–Trinajstić information content (AvgIpc) is 2.76. The van der Waals surface area contributed by atoms with Crippen LogP contribution in [0, 0.1) is 0 Å². The minimum absolute atomic E-state index is 0.146. The van der Waals surface area contributed by atoms with Gasteiger partial charge < -0.3 is 5.11 Å². The van der Waals surface area contributed by atoms with E-state index in [0.717, 1.165) is 0 Å². The van der Waals surface area contributed by atoms with Gasteiger partial charge in [0.2, 0.25) is 0 Å². The summed E-state index contributed by atoms with van der Waals surface area (Å²) < 4.78 is 2.10. The predicted octanol–water partition coefficient (Wildman–Crippen LogP) is 2.42. The lowest BCUT2D eigenvalue weighted by molar-refractivity contribution is 0.0696. The molecule has 0 bridgehead atoms. The maximum atomic E-state index is 11.3. The zero-order chi connectivity index (χ0) is 14.2. The lowest BCUT2D eigenvalue weighted by atomic mass is 9.95. The fourth-order valence-electron chi connectivity index (χ4n) is 1.71. The van der Waals surface area contributed by atoms with Crippen molar-refractivity contribution in [2.75, 3.05) is 0 Å². The maximum Gasteiger partial charge on any atom is 0.337 e. The highest BCUT2D eigenvalue weighted by atomic mass is 79.9. The number of carboxylic acid groups (broad SMARTS) is 1. The molecule has 0 aliphatic rings. The number of aromatic nitrogens is 4. The Labute approximate surface area is 118 Å². The van der Waals surface area contributed by atoms with Crippen molar-refractivity contribution < 1.29 is 9.90 Å². The molecule has 1 aromatic heterocycles. The molecule has 0 atom stereocenters. The van der Waals surface area contributed by atoms with Crippen molar-refractivity contribution in [3.63, 3.8) is 0 Å². The molecule has 0 spiro atoms. The molecule has 0 fully saturated rings. The monoisotopic (exact) mass is 324 g/mol. The van der Waals surface area contributed by atoms with E-state index in [-0.39, 0.29) is 11.0 Å². The molecule has 2 aromatic rings. The summed E-state index contributed by atoms with van der Waals surface area (Å²) in [6.45, 7) is 5.89. The van der Waals surface area contributed by atoms with Crippen LogP contribution in [0.1, 0.15) is 37.0 Å². The Hall–Kier alpha value is -1.76. The van der Waals surface area contributed by atoms with Crippen molar-refractivity contribution in [1.29, 1.82) is 0 Å². The van der Waals surface area contributed by atoms with Crippen molar-refractivity contribution in [1.82, 2.24) is 20.2 Å². The molecule has 1 heterocycles. The zero-order valence-corrected chi connectivity index (χ0v) is 12.3. The van der Waals surface area contributed by atoms with E-state index in [2.05, 4.69) is 31.5 Å². The molecular weight excluding hydrogens is 312 g/mol. The molecule has 7 heteroatoms. The highest BCUT2D eigenvalue weighted by Gasteiger charge is 2.26. The summed E-state index contributed by atoms with van der Waals surface area (Å²) in [5, 5.41) is 20.8. The summed E-state index contributed by atoms with van der Waals surface area (Å²) in [5.41, 5.74) is 0.284. The van der Waals surface area contributed by atoms with E-state index in [4.69, 9.17) is 0 Å². The van der Waals surface area contributed by atoms with Crippen LogP contribution in [0.4, 0.5) is 0 Å². The zero-order valence-electron chi connectivity index (χ0n) is 10.8. The lowest BCUT2D eigenvalue weighted by Gasteiger charge is -2.18. The minimum atomic E-state index is -1.02. The number of hydrogen-bond acceptors (Lipinski definition) is 4. The van der Waals surface area contributed by atoms with Gasteiger partial charge in [0.1, 0.15) is 0 Å². The van der Waals surface area contributed by atoms with E-state index >= 15 is 0 Å². The Bertz CT molecular complexity index is 631. The van der Waals surface area contributed by atoms with Gasteiger partial charge in [-0.2, -0.15) is 4.68 Å². The molecule has 0 unspecified atom stereocenters. The van der Waals surface area contributed by atoms with Crippen LogP contribution in [-0.4, -0.2) is 31.3 Å². The first-order valence-electron chi connectivity index (χ1n) is 5.63. The third-order valence-corrected chi connectivity index (χ3v) is 3.21. The summed E-state index contributed by atoms with van der Waals surface area (Å²) in [4.78, 5) is 11.3. The summed E-state index contributed by atoms with van der Waals surface area (Å²) >= 11 is 3.36. The fourth-order valence-corrected chi connectivity index (χ4v) is 2.24. The van der Waals surface area contributed by atoms with Crippen molar-refractivity contribution in [2.24, 2.45) is 0 Å². The Balaban J connectivity index is 2.73. The topological polar surface area (TPSA) is 80.9 Å². The van der Waals surface area contributed by atoms with Crippen LogP contribution in [0.25, 0.3) is 5.69 Å². The van der Waals surface area contributed by atoms with Gasteiger partial charge in [-0.05, 0) is 38.5 Å². The SMILES string of the molecule is CC(C)(C)c1nnnn1-c1c(Br)cccc1C(=O)O. The number of halogens is 1. The number of para-hydroxylation sites is 1. The van der Waals surface area contributed by atoms with Crippen LogP contribution in [0.3, 0.4) is 0 Å². The molecule has 100 valence electrons. The van der Waals surface area contributed by atoms with Crippen molar-refractivity contribution in [3.8, 4) is 5.69 Å². The van der Waals surface area contributed by atoms with E-state index in [0.29, 0.717) is 16.0 Å². The quantitative estimate of drug-likeness (QED) is 0.917. The van der Waals surface area contributed by atoms with Crippen molar-refractivity contribution in [3.05, 3.63) is 34.1 Å². The molecule has 0 amide bonds. The number of tetrazole rings is 1. The number of benzene rings is 1. The molecular formula is C12H13BrN4O2. The van der Waals surface area contributed by atoms with Gasteiger partial charge in [-0.25, -0.2) is 4.79 Å². The van der Waals surface area contributed by atoms with E-state index < -0.39 is 5.97 Å². The Morgan fingerprint density at radius 1 is 1.37 bits per heavy atom. The van der Waals surface area contributed by atoms with Gasteiger partial charge in [-0.15, -0.1) is 5.10 Å². The summed E-state index contributed by atoms with van der Waals surface area (Å²) in [5.74, 6) is -0.423. The first-order valence-corrected chi connectivity index (χ1v) is 6.42. The third-order valence-electron chi connectivity index (χ3n) is 2.57. The minimum Gasteiger partial charge on any atom is -0.478 e. The van der Waals surface area contributed by atoms with Crippen LogP contribution in [0.5, 0.6) is 0 Å². The summed E-state index contributed by atoms with van der Waals surface area (Å²) in [6.07, 6.45) is 0. The van der Waals surface area contributed by atoms with Crippen LogP contribution < -0.4 is 0 Å². The van der Waals surface area contributed by atoms with Crippen LogP contribution in [0.15, 0.2) is 22.7 Å². The van der Waals surface area contributed by atoms with Crippen molar-refractivity contribution >= 4 is 21.9 Å². The van der Waals surface area contributed by atoms with Gasteiger partial charge in [0.15, 0.2) is 5.82 Å². The van der Waals surface area contributed by atoms with Gasteiger partial charge in [-0.1, -0.05) is 26.8 Å². The largest absolute Gasteiger partial charge is 0.478 e. The normalized spacial score (nSPS) is 11.6. The van der Waals surface area contributed by atoms with Gasteiger partial charge in [0.25, 0.3) is 0 Å². The number of carbonyl (C=O) groups is 1. The van der Waals surface area contributed by atoms with Crippen LogP contribution in [0.2, 0.25) is 0 Å². The molecule has 0 radical (unpaired) electrons. The molecule has 1 N–H and O–H groups in total. The molecule has 1 aromatic carbocycles. The Morgan fingerprint density at radius 2 is 2.05 bits per heavy atom. The van der Waals surface area contributed by atoms with Gasteiger partial charge in [0.05, 0.1) is 11.3 Å². The Morgan fingerprint density at radius 3 is 2.63 bits per heavy atom. The number of hydrogen-bond donors (Lipinski definition) is 1. The maximum absolute atomic E-state index is 11.3. The number of carboxylic acids is 1. The molecule has 0 aliphatic carbocycles. The van der Waals surface area contributed by atoms with Crippen LogP contribution in [-0.2, 0) is 5.41 Å².